The summed E-state index contributed by atoms with van der Waals surface area (Å²) in [6.45, 7) is 8.49. The van der Waals surface area contributed by atoms with Crippen molar-refractivity contribution in [1.82, 2.24) is 4.90 Å². The van der Waals surface area contributed by atoms with Gasteiger partial charge >= 0.3 is 29.6 Å². The van der Waals surface area contributed by atoms with Gasteiger partial charge in [0.2, 0.25) is 5.91 Å². The Labute approximate surface area is 226 Å². The second kappa shape index (κ2) is 11.4. The molecule has 0 aromatic heterocycles. The Balaban J connectivity index is 0.00000324. The Morgan fingerprint density at radius 1 is 1.00 bits per heavy atom. The Morgan fingerprint density at radius 3 is 2.15 bits per heavy atom. The fourth-order valence-electron chi connectivity index (χ4n) is 6.03. The van der Waals surface area contributed by atoms with Crippen LogP contribution in [0.1, 0.15) is 75.2 Å². The van der Waals surface area contributed by atoms with Crippen LogP contribution in [0.4, 0.5) is 0 Å². The summed E-state index contributed by atoms with van der Waals surface area (Å²) in [4.78, 5) is 26.2. The van der Waals surface area contributed by atoms with Crippen LogP contribution in [0.25, 0.3) is 11.1 Å². The molecule has 2 bridgehead atoms. The molecule has 3 aliphatic rings. The van der Waals surface area contributed by atoms with Gasteiger partial charge in [-0.2, -0.15) is 0 Å². The molecule has 0 saturated heterocycles. The molecule has 5 rings (SSSR count). The van der Waals surface area contributed by atoms with E-state index in [1.165, 1.54) is 19.3 Å². The van der Waals surface area contributed by atoms with E-state index in [4.69, 9.17) is 0 Å². The number of rotatable bonds is 9. The number of carboxylic acid groups (broad SMARTS) is 1. The predicted molar refractivity (Wildman–Crippen MR) is 129 cm³/mol. The van der Waals surface area contributed by atoms with Crippen LogP contribution in [-0.4, -0.2) is 23.3 Å². The number of amides is 1. The van der Waals surface area contributed by atoms with Gasteiger partial charge in [0.15, 0.2) is 0 Å². The average Bonchev–Trinajstić information content (AvgIpc) is 2.82. The minimum atomic E-state index is -1.16. The molecule has 4 nitrogen and oxygen atoms in total. The molecule has 2 aromatic rings. The van der Waals surface area contributed by atoms with Gasteiger partial charge in [-0.3, -0.25) is 4.79 Å². The number of carbonyl (C=O) groups is 2. The molecule has 0 heterocycles. The van der Waals surface area contributed by atoms with Crippen LogP contribution in [0.2, 0.25) is 0 Å². The van der Waals surface area contributed by atoms with Crippen molar-refractivity contribution in [2.24, 2.45) is 23.2 Å². The fourth-order valence-corrected chi connectivity index (χ4v) is 6.03. The number of nitrogens with zero attached hydrogens (tertiary/aromatic N) is 1. The summed E-state index contributed by atoms with van der Waals surface area (Å²) in [5, 5.41) is 11.0. The summed E-state index contributed by atoms with van der Waals surface area (Å²) >= 11 is 0. The summed E-state index contributed by atoms with van der Waals surface area (Å²) in [6.07, 6.45) is 6.49. The summed E-state index contributed by atoms with van der Waals surface area (Å²) in [6, 6.07) is 15.0. The van der Waals surface area contributed by atoms with E-state index in [2.05, 4.69) is 49.9 Å². The molecule has 0 unspecified atom stereocenters. The molecular weight excluding hydrogens is 433 g/mol. The smallest absolute Gasteiger partial charge is 0.545 e. The van der Waals surface area contributed by atoms with Gasteiger partial charge in [-0.05, 0) is 71.1 Å². The van der Waals surface area contributed by atoms with E-state index in [1.54, 1.807) is 24.3 Å². The van der Waals surface area contributed by atoms with Gasteiger partial charge in [-0.25, -0.2) is 0 Å². The quantitative estimate of drug-likeness (QED) is 0.530. The SMILES string of the molecule is CCCCC(=O)N(Cc1ccc(-c2ccc(C(=O)[O-])cc2)cc1)C[C@@H]1CC[C@H]2C[C@@H]1C2(C)C.[Na+]. The summed E-state index contributed by atoms with van der Waals surface area (Å²) in [7, 11) is 0. The van der Waals surface area contributed by atoms with Crippen LogP contribution in [0, 0.1) is 23.2 Å². The normalized spacial score (nSPS) is 22.3. The predicted octanol–water partition coefficient (Wildman–Crippen LogP) is 2.31. The van der Waals surface area contributed by atoms with Crippen molar-refractivity contribution in [3.8, 4) is 11.1 Å². The van der Waals surface area contributed by atoms with Gasteiger partial charge in [0.1, 0.15) is 0 Å². The van der Waals surface area contributed by atoms with Crippen molar-refractivity contribution in [3.63, 3.8) is 0 Å². The molecule has 0 radical (unpaired) electrons. The molecule has 5 heteroatoms. The zero-order valence-electron chi connectivity index (χ0n) is 21.2. The van der Waals surface area contributed by atoms with Gasteiger partial charge in [0, 0.05) is 19.5 Å². The van der Waals surface area contributed by atoms with Gasteiger partial charge in [0.25, 0.3) is 0 Å². The zero-order valence-corrected chi connectivity index (χ0v) is 23.2. The number of hydrogen-bond donors (Lipinski definition) is 0. The Kier molecular flexibility index (Phi) is 9.05. The molecule has 34 heavy (non-hydrogen) atoms. The molecule has 3 saturated carbocycles. The second-order valence-corrected chi connectivity index (χ2v) is 10.6. The van der Waals surface area contributed by atoms with Gasteiger partial charge in [-0.15, -0.1) is 0 Å². The van der Waals surface area contributed by atoms with Crippen LogP contribution in [0.5, 0.6) is 0 Å². The second-order valence-electron chi connectivity index (χ2n) is 10.6. The Hall–Kier alpha value is -1.62. The third-order valence-electron chi connectivity index (χ3n) is 8.33. The maximum Gasteiger partial charge on any atom is 1.00 e. The standard InChI is InChI=1S/C29H37NO3.Na/c1-4-5-6-27(31)30(19-24-15-16-25-17-26(24)29(25,2)3)18-20-7-9-21(10-8-20)22-11-13-23(14-12-22)28(32)33;/h7-14,24-26H,4-6,15-19H2,1-3H3,(H,32,33);/q;+1/p-1/t24-,25-,26-;/m0./s1. The first-order chi connectivity index (χ1) is 15.8. The van der Waals surface area contributed by atoms with Gasteiger partial charge < -0.3 is 14.8 Å². The van der Waals surface area contributed by atoms with Gasteiger partial charge in [-0.1, -0.05) is 75.7 Å². The number of carboxylic acids is 1. The molecule has 3 atom stereocenters. The molecule has 2 aromatic carbocycles. The van der Waals surface area contributed by atoms with E-state index in [-0.39, 0.29) is 41.0 Å². The van der Waals surface area contributed by atoms with Crippen molar-refractivity contribution >= 4 is 11.9 Å². The molecular formula is C29H36NNaO3. The van der Waals surface area contributed by atoms with Crippen LogP contribution in [0.3, 0.4) is 0 Å². The number of hydrogen-bond acceptors (Lipinski definition) is 3. The van der Waals surface area contributed by atoms with Crippen LogP contribution in [0.15, 0.2) is 48.5 Å². The molecule has 0 N–H and O–H groups in total. The summed E-state index contributed by atoms with van der Waals surface area (Å²) in [5.41, 5.74) is 3.74. The van der Waals surface area contributed by atoms with Crippen molar-refractivity contribution in [1.29, 1.82) is 0 Å². The third-order valence-corrected chi connectivity index (χ3v) is 8.33. The third kappa shape index (κ3) is 5.78. The van der Waals surface area contributed by atoms with E-state index in [9.17, 15) is 14.7 Å². The number of carbonyl (C=O) groups excluding carboxylic acids is 2. The van der Waals surface area contributed by atoms with E-state index in [0.29, 0.717) is 24.3 Å². The molecule has 0 spiro atoms. The molecule has 3 fully saturated rings. The van der Waals surface area contributed by atoms with E-state index in [1.807, 2.05) is 0 Å². The minimum Gasteiger partial charge on any atom is -0.545 e. The number of benzene rings is 2. The maximum atomic E-state index is 13.1. The average molecular weight is 470 g/mol. The Bertz CT molecular complexity index is 981. The largest absolute Gasteiger partial charge is 1.00 e. The van der Waals surface area contributed by atoms with Gasteiger partial charge in [0.05, 0.1) is 5.97 Å². The maximum absolute atomic E-state index is 13.1. The van der Waals surface area contributed by atoms with E-state index >= 15 is 0 Å². The van der Waals surface area contributed by atoms with E-state index < -0.39 is 5.97 Å². The van der Waals surface area contributed by atoms with Crippen molar-refractivity contribution in [2.75, 3.05) is 6.54 Å². The first-order valence-corrected chi connectivity index (χ1v) is 12.5. The van der Waals surface area contributed by atoms with Crippen molar-refractivity contribution < 1.29 is 44.3 Å². The molecule has 0 aliphatic heterocycles. The molecule has 3 aliphatic carbocycles. The topological polar surface area (TPSA) is 60.4 Å². The van der Waals surface area contributed by atoms with Crippen LogP contribution >= 0.6 is 0 Å². The summed E-state index contributed by atoms with van der Waals surface area (Å²) < 4.78 is 0. The first-order valence-electron chi connectivity index (χ1n) is 12.5. The number of aromatic carboxylic acids is 1. The zero-order chi connectivity index (χ0) is 23.6. The minimum absolute atomic E-state index is 0. The number of unbranched alkanes of at least 4 members (excludes halogenated alkanes) is 1. The Morgan fingerprint density at radius 2 is 1.62 bits per heavy atom. The van der Waals surface area contributed by atoms with Crippen molar-refractivity contribution in [3.05, 3.63) is 59.7 Å². The summed E-state index contributed by atoms with van der Waals surface area (Å²) in [5.74, 6) is 1.33. The number of fused-ring (bicyclic) bond motifs is 2. The molecule has 1 amide bonds. The van der Waals surface area contributed by atoms with Crippen molar-refractivity contribution in [2.45, 2.75) is 65.8 Å². The van der Waals surface area contributed by atoms with E-state index in [0.717, 1.165) is 47.9 Å². The van der Waals surface area contributed by atoms with Crippen LogP contribution < -0.4 is 34.7 Å². The van der Waals surface area contributed by atoms with Crippen LogP contribution in [-0.2, 0) is 11.3 Å². The first kappa shape index (κ1) is 27.0. The molecule has 176 valence electrons. The monoisotopic (exact) mass is 469 g/mol. The fraction of sp³-hybridized carbons (Fsp3) is 0.517.